The molecule has 1 aromatic carbocycles. The first kappa shape index (κ1) is 23.0. The lowest BCUT2D eigenvalue weighted by Crippen LogP contribution is -2.26. The quantitative estimate of drug-likeness (QED) is 0.312. The molecule has 0 spiro atoms. The highest BCUT2D eigenvalue weighted by atomic mass is 32.1. The van der Waals surface area contributed by atoms with Gasteiger partial charge in [-0.25, -0.2) is 14.8 Å². The normalized spacial score (nSPS) is 13.9. The van der Waals surface area contributed by atoms with Crippen molar-refractivity contribution in [1.29, 1.82) is 0 Å². The minimum absolute atomic E-state index is 0.271. The van der Waals surface area contributed by atoms with Crippen molar-refractivity contribution in [3.8, 4) is 11.1 Å². The highest BCUT2D eigenvalue weighted by molar-refractivity contribution is 7.17. The van der Waals surface area contributed by atoms with Crippen LogP contribution in [0.2, 0.25) is 0 Å². The zero-order valence-corrected chi connectivity index (χ0v) is 21.5. The summed E-state index contributed by atoms with van der Waals surface area (Å²) >= 11 is 3.23. The van der Waals surface area contributed by atoms with E-state index in [2.05, 4.69) is 70.7 Å². The molecule has 5 rings (SSSR count). The zero-order valence-electron chi connectivity index (χ0n) is 19.8. The summed E-state index contributed by atoms with van der Waals surface area (Å²) < 4.78 is 5.44. The minimum Gasteiger partial charge on any atom is -0.462 e. The number of nitrogens with one attached hydrogen (secondary N) is 1. The summed E-state index contributed by atoms with van der Waals surface area (Å²) in [5.74, 6) is 0.929. The van der Waals surface area contributed by atoms with Crippen LogP contribution in [-0.4, -0.2) is 41.0 Å². The molecule has 176 valence electrons. The van der Waals surface area contributed by atoms with Crippen LogP contribution >= 0.6 is 22.7 Å². The van der Waals surface area contributed by atoms with E-state index in [9.17, 15) is 4.79 Å². The van der Waals surface area contributed by atoms with E-state index in [1.54, 1.807) is 29.0 Å². The number of nitrogens with zero attached hydrogens (tertiary/aromatic N) is 3. The number of hydrogen-bond donors (Lipinski definition) is 1. The van der Waals surface area contributed by atoms with Gasteiger partial charge in [0.05, 0.1) is 17.6 Å². The fraction of sp³-hybridized carbons (Fsp3) is 0.346. The second kappa shape index (κ2) is 9.44. The molecule has 0 unspecified atom stereocenters. The van der Waals surface area contributed by atoms with Gasteiger partial charge >= 0.3 is 5.97 Å². The van der Waals surface area contributed by atoms with Gasteiger partial charge in [0.1, 0.15) is 22.0 Å². The van der Waals surface area contributed by atoms with Crippen LogP contribution in [0, 0.1) is 0 Å². The molecule has 0 aliphatic carbocycles. The third-order valence-electron chi connectivity index (χ3n) is 6.22. The molecular formula is C26H28N4O2S2. The SMILES string of the molecule is CCOC(=O)c1c(Nc2ncnc3scc(-c4ccc(C(C)C)cc4)c23)sc2c1CCN(C)C2. The van der Waals surface area contributed by atoms with E-state index in [0.717, 1.165) is 51.4 Å². The molecule has 1 aliphatic rings. The summed E-state index contributed by atoms with van der Waals surface area (Å²) in [5, 5.41) is 7.41. The maximum atomic E-state index is 13.0. The number of ether oxygens (including phenoxy) is 1. The van der Waals surface area contributed by atoms with E-state index in [-0.39, 0.29) is 5.97 Å². The van der Waals surface area contributed by atoms with Gasteiger partial charge < -0.3 is 15.0 Å². The van der Waals surface area contributed by atoms with Crippen molar-refractivity contribution in [2.45, 2.75) is 39.7 Å². The fourth-order valence-corrected chi connectivity index (χ4v) is 6.61. The highest BCUT2D eigenvalue weighted by Crippen LogP contribution is 2.42. The third-order valence-corrected chi connectivity index (χ3v) is 8.24. The van der Waals surface area contributed by atoms with Gasteiger partial charge in [-0.3, -0.25) is 0 Å². The number of likely N-dealkylation sites (N-methyl/N-ethyl adjacent to an activating group) is 1. The number of carbonyl (C=O) groups excluding carboxylic acids is 1. The smallest absolute Gasteiger partial charge is 0.341 e. The molecule has 0 radical (unpaired) electrons. The molecule has 3 aromatic heterocycles. The summed E-state index contributed by atoms with van der Waals surface area (Å²) in [6.45, 7) is 8.34. The Morgan fingerprint density at radius 1 is 1.24 bits per heavy atom. The minimum atomic E-state index is -0.271. The maximum Gasteiger partial charge on any atom is 0.341 e. The molecule has 4 heterocycles. The molecule has 34 heavy (non-hydrogen) atoms. The van der Waals surface area contributed by atoms with Crippen LogP contribution < -0.4 is 5.32 Å². The molecule has 0 saturated carbocycles. The second-order valence-electron chi connectivity index (χ2n) is 8.87. The van der Waals surface area contributed by atoms with Crippen molar-refractivity contribution in [3.63, 3.8) is 0 Å². The molecular weight excluding hydrogens is 464 g/mol. The molecule has 0 amide bonds. The van der Waals surface area contributed by atoms with E-state index in [0.29, 0.717) is 23.9 Å². The third kappa shape index (κ3) is 4.21. The van der Waals surface area contributed by atoms with Crippen molar-refractivity contribution >= 4 is 49.7 Å². The molecule has 1 aliphatic heterocycles. The van der Waals surface area contributed by atoms with Gasteiger partial charge in [0.15, 0.2) is 0 Å². The number of hydrogen-bond acceptors (Lipinski definition) is 8. The lowest BCUT2D eigenvalue weighted by Gasteiger charge is -2.22. The van der Waals surface area contributed by atoms with Crippen molar-refractivity contribution in [1.82, 2.24) is 14.9 Å². The van der Waals surface area contributed by atoms with E-state index in [4.69, 9.17) is 4.74 Å². The molecule has 8 heteroatoms. The van der Waals surface area contributed by atoms with Gasteiger partial charge in [-0.1, -0.05) is 38.1 Å². The number of rotatable bonds is 6. The van der Waals surface area contributed by atoms with Crippen LogP contribution in [0.4, 0.5) is 10.8 Å². The molecule has 0 saturated heterocycles. The number of aromatic nitrogens is 2. The van der Waals surface area contributed by atoms with Gasteiger partial charge in [-0.2, -0.15) is 0 Å². The first-order chi connectivity index (χ1) is 16.5. The summed E-state index contributed by atoms with van der Waals surface area (Å²) in [4.78, 5) is 26.5. The fourth-order valence-electron chi connectivity index (χ4n) is 4.38. The number of anilines is 2. The topological polar surface area (TPSA) is 67.3 Å². The van der Waals surface area contributed by atoms with E-state index < -0.39 is 0 Å². The number of thiophene rings is 2. The van der Waals surface area contributed by atoms with Crippen LogP contribution in [0.3, 0.4) is 0 Å². The first-order valence-electron chi connectivity index (χ1n) is 11.6. The number of fused-ring (bicyclic) bond motifs is 2. The van der Waals surface area contributed by atoms with E-state index >= 15 is 0 Å². The summed E-state index contributed by atoms with van der Waals surface area (Å²) in [6.07, 6.45) is 2.42. The average Bonchev–Trinajstić information content (AvgIpc) is 3.41. The van der Waals surface area contributed by atoms with Crippen LogP contribution in [0.1, 0.15) is 53.1 Å². The van der Waals surface area contributed by atoms with Crippen molar-refractivity contribution in [3.05, 3.63) is 57.5 Å². The van der Waals surface area contributed by atoms with Gasteiger partial charge in [-0.15, -0.1) is 22.7 Å². The highest BCUT2D eigenvalue weighted by Gasteiger charge is 2.28. The summed E-state index contributed by atoms with van der Waals surface area (Å²) in [6, 6.07) is 8.70. The standard InChI is InChI=1S/C26H28N4O2S2/c1-5-32-26(31)22-18-10-11-30(4)12-20(18)34-25(22)29-23-21-19(13-33-24(21)28-14-27-23)17-8-6-16(7-9-17)15(2)3/h6-9,13-15H,5,10-12H2,1-4H3,(H,27,28,29). The van der Waals surface area contributed by atoms with Crippen LogP contribution in [0.25, 0.3) is 21.3 Å². The van der Waals surface area contributed by atoms with Gasteiger partial charge in [0.25, 0.3) is 0 Å². The Hall–Kier alpha value is -2.81. The Morgan fingerprint density at radius 2 is 2.03 bits per heavy atom. The molecule has 0 fully saturated rings. The Kier molecular flexibility index (Phi) is 6.38. The van der Waals surface area contributed by atoms with E-state index in [1.165, 1.54) is 10.4 Å². The Balaban J connectivity index is 1.59. The molecule has 0 atom stereocenters. The van der Waals surface area contributed by atoms with Gasteiger partial charge in [-0.05, 0) is 43.0 Å². The zero-order chi connectivity index (χ0) is 23.8. The van der Waals surface area contributed by atoms with Gasteiger partial charge in [0.2, 0.25) is 0 Å². The van der Waals surface area contributed by atoms with Crippen LogP contribution in [-0.2, 0) is 17.7 Å². The summed E-state index contributed by atoms with van der Waals surface area (Å²) in [5.41, 5.74) is 5.29. The number of esters is 1. The van der Waals surface area contributed by atoms with Crippen LogP contribution in [0.15, 0.2) is 36.0 Å². The van der Waals surface area contributed by atoms with Crippen molar-refractivity contribution in [2.24, 2.45) is 0 Å². The maximum absolute atomic E-state index is 13.0. The number of carbonyl (C=O) groups is 1. The Labute approximate surface area is 207 Å². The predicted octanol–water partition coefficient (Wildman–Crippen LogP) is 6.45. The molecule has 1 N–H and O–H groups in total. The van der Waals surface area contributed by atoms with Crippen molar-refractivity contribution < 1.29 is 9.53 Å². The Morgan fingerprint density at radius 3 is 2.76 bits per heavy atom. The van der Waals surface area contributed by atoms with Crippen molar-refractivity contribution in [2.75, 3.05) is 25.5 Å². The lowest BCUT2D eigenvalue weighted by atomic mass is 9.99. The summed E-state index contributed by atoms with van der Waals surface area (Å²) in [7, 11) is 2.11. The predicted molar refractivity (Wildman–Crippen MR) is 141 cm³/mol. The first-order valence-corrected chi connectivity index (χ1v) is 13.3. The lowest BCUT2D eigenvalue weighted by molar-refractivity contribution is 0.0526. The largest absolute Gasteiger partial charge is 0.462 e. The second-order valence-corrected chi connectivity index (χ2v) is 10.8. The molecule has 0 bridgehead atoms. The van der Waals surface area contributed by atoms with Gasteiger partial charge in [0, 0.05) is 28.9 Å². The van der Waals surface area contributed by atoms with E-state index in [1.807, 2.05) is 6.92 Å². The molecule has 4 aromatic rings. The number of benzene rings is 1. The molecule has 6 nitrogen and oxygen atoms in total. The van der Waals surface area contributed by atoms with Crippen LogP contribution in [0.5, 0.6) is 0 Å². The monoisotopic (exact) mass is 492 g/mol. The Bertz CT molecular complexity index is 1340. The average molecular weight is 493 g/mol.